The van der Waals surface area contributed by atoms with Crippen LogP contribution in [0.3, 0.4) is 0 Å². The van der Waals surface area contributed by atoms with Gasteiger partial charge in [-0.1, -0.05) is 13.8 Å². The smallest absolute Gasteiger partial charge is 0.175 e. The van der Waals surface area contributed by atoms with Crippen LogP contribution in [0.15, 0.2) is 16.6 Å². The largest absolute Gasteiger partial charge is 0.493 e. The summed E-state index contributed by atoms with van der Waals surface area (Å²) in [5.74, 6) is 1.50. The van der Waals surface area contributed by atoms with Gasteiger partial charge < -0.3 is 19.5 Å². The quantitative estimate of drug-likeness (QED) is 0.810. The van der Waals surface area contributed by atoms with Gasteiger partial charge in [-0.25, -0.2) is 0 Å². The Morgan fingerprint density at radius 2 is 2.24 bits per heavy atom. The summed E-state index contributed by atoms with van der Waals surface area (Å²) in [4.78, 5) is 0. The van der Waals surface area contributed by atoms with E-state index in [0.717, 1.165) is 47.5 Å². The fraction of sp³-hybridized carbons (Fsp3) is 0.625. The van der Waals surface area contributed by atoms with Crippen molar-refractivity contribution in [2.45, 2.75) is 45.4 Å². The first-order valence-corrected chi connectivity index (χ1v) is 8.23. The summed E-state index contributed by atoms with van der Waals surface area (Å²) in [7, 11) is 1.67. The number of hydrogen-bond acceptors (Lipinski definition) is 4. The molecule has 0 amide bonds. The van der Waals surface area contributed by atoms with Crippen molar-refractivity contribution >= 4 is 15.9 Å². The standard InChI is InChI=1S/C16H24BrNO3/c1-11(2)18-9-12-7-14(17)16(15(8-12)19-3)21-10-13-5-4-6-20-13/h7-8,11,13,18H,4-6,9-10H2,1-3H3. The molecule has 1 atom stereocenters. The predicted octanol–water partition coefficient (Wildman–Crippen LogP) is 3.51. The van der Waals surface area contributed by atoms with Gasteiger partial charge in [0.15, 0.2) is 11.5 Å². The third kappa shape index (κ3) is 4.87. The molecule has 4 nitrogen and oxygen atoms in total. The highest BCUT2D eigenvalue weighted by Crippen LogP contribution is 2.37. The van der Waals surface area contributed by atoms with Gasteiger partial charge in [-0.15, -0.1) is 0 Å². The molecule has 5 heteroatoms. The van der Waals surface area contributed by atoms with Crippen LogP contribution in [0.1, 0.15) is 32.3 Å². The van der Waals surface area contributed by atoms with E-state index in [9.17, 15) is 0 Å². The molecule has 21 heavy (non-hydrogen) atoms. The van der Waals surface area contributed by atoms with Crippen molar-refractivity contribution in [3.8, 4) is 11.5 Å². The summed E-state index contributed by atoms with van der Waals surface area (Å²) >= 11 is 3.58. The van der Waals surface area contributed by atoms with Crippen LogP contribution < -0.4 is 14.8 Å². The molecule has 0 aliphatic carbocycles. The number of nitrogens with one attached hydrogen (secondary N) is 1. The average Bonchev–Trinajstić information content (AvgIpc) is 2.96. The summed E-state index contributed by atoms with van der Waals surface area (Å²) < 4.78 is 17.9. The van der Waals surface area contributed by atoms with Crippen molar-refractivity contribution in [3.05, 3.63) is 22.2 Å². The van der Waals surface area contributed by atoms with Crippen LogP contribution in [-0.2, 0) is 11.3 Å². The molecule has 0 saturated carbocycles. The Bertz CT molecular complexity index is 459. The van der Waals surface area contributed by atoms with Gasteiger partial charge >= 0.3 is 0 Å². The third-order valence-electron chi connectivity index (χ3n) is 3.44. The summed E-state index contributed by atoms with van der Waals surface area (Å²) in [5.41, 5.74) is 1.16. The number of ether oxygens (including phenoxy) is 3. The Balaban J connectivity index is 2.05. The fourth-order valence-corrected chi connectivity index (χ4v) is 2.89. The molecule has 1 aromatic rings. The molecule has 1 unspecified atom stereocenters. The van der Waals surface area contributed by atoms with Crippen molar-refractivity contribution in [1.29, 1.82) is 0 Å². The lowest BCUT2D eigenvalue weighted by Crippen LogP contribution is -2.22. The van der Waals surface area contributed by atoms with E-state index >= 15 is 0 Å². The SMILES string of the molecule is COc1cc(CNC(C)C)cc(Br)c1OCC1CCCO1. The lowest BCUT2D eigenvalue weighted by atomic mass is 10.2. The molecular formula is C16H24BrNO3. The van der Waals surface area contributed by atoms with Crippen LogP contribution in [0.4, 0.5) is 0 Å². The van der Waals surface area contributed by atoms with E-state index in [1.165, 1.54) is 0 Å². The minimum Gasteiger partial charge on any atom is -0.493 e. The Labute approximate surface area is 135 Å². The van der Waals surface area contributed by atoms with Crippen molar-refractivity contribution in [1.82, 2.24) is 5.32 Å². The lowest BCUT2D eigenvalue weighted by Gasteiger charge is -2.17. The Hall–Kier alpha value is -0.780. The Morgan fingerprint density at radius 1 is 1.43 bits per heavy atom. The number of rotatable bonds is 7. The molecule has 1 N–H and O–H groups in total. The van der Waals surface area contributed by atoms with Crippen LogP contribution in [0.25, 0.3) is 0 Å². The van der Waals surface area contributed by atoms with E-state index in [1.807, 2.05) is 6.07 Å². The van der Waals surface area contributed by atoms with Gasteiger partial charge in [0.25, 0.3) is 0 Å². The van der Waals surface area contributed by atoms with E-state index in [1.54, 1.807) is 7.11 Å². The Morgan fingerprint density at radius 3 is 2.86 bits per heavy atom. The van der Waals surface area contributed by atoms with Crippen molar-refractivity contribution in [2.24, 2.45) is 0 Å². The van der Waals surface area contributed by atoms with Crippen LogP contribution in [0, 0.1) is 0 Å². The molecule has 1 saturated heterocycles. The van der Waals surface area contributed by atoms with E-state index in [0.29, 0.717) is 12.6 Å². The molecule has 0 radical (unpaired) electrons. The minimum atomic E-state index is 0.198. The predicted molar refractivity (Wildman–Crippen MR) is 87.1 cm³/mol. The van der Waals surface area contributed by atoms with E-state index in [2.05, 4.69) is 41.2 Å². The number of hydrogen-bond donors (Lipinski definition) is 1. The lowest BCUT2D eigenvalue weighted by molar-refractivity contribution is 0.0667. The molecule has 118 valence electrons. The van der Waals surface area contributed by atoms with Gasteiger partial charge in [0, 0.05) is 19.2 Å². The zero-order valence-electron chi connectivity index (χ0n) is 12.9. The normalized spacial score (nSPS) is 18.2. The third-order valence-corrected chi connectivity index (χ3v) is 4.03. The summed E-state index contributed by atoms with van der Waals surface area (Å²) in [6.45, 7) is 6.47. The molecule has 1 heterocycles. The maximum absolute atomic E-state index is 5.91. The first-order chi connectivity index (χ1) is 10.1. The van der Waals surface area contributed by atoms with Gasteiger partial charge in [-0.2, -0.15) is 0 Å². The maximum Gasteiger partial charge on any atom is 0.175 e. The van der Waals surface area contributed by atoms with Crippen LogP contribution in [-0.4, -0.2) is 32.5 Å². The van der Waals surface area contributed by atoms with Crippen molar-refractivity contribution < 1.29 is 14.2 Å². The monoisotopic (exact) mass is 357 g/mol. The number of halogens is 1. The zero-order chi connectivity index (χ0) is 15.2. The van der Waals surface area contributed by atoms with Gasteiger partial charge in [-0.05, 0) is 46.5 Å². The highest BCUT2D eigenvalue weighted by Gasteiger charge is 2.18. The second-order valence-electron chi connectivity index (χ2n) is 5.59. The second-order valence-corrected chi connectivity index (χ2v) is 6.44. The number of benzene rings is 1. The summed E-state index contributed by atoms with van der Waals surface area (Å²) in [6, 6.07) is 4.54. The van der Waals surface area contributed by atoms with E-state index < -0.39 is 0 Å². The fourth-order valence-electron chi connectivity index (χ4n) is 2.29. The molecule has 0 bridgehead atoms. The summed E-state index contributed by atoms with van der Waals surface area (Å²) in [5, 5.41) is 3.40. The summed E-state index contributed by atoms with van der Waals surface area (Å²) in [6.07, 6.45) is 2.38. The molecule has 1 aliphatic heterocycles. The Kier molecular flexibility index (Phi) is 6.33. The first-order valence-electron chi connectivity index (χ1n) is 7.44. The van der Waals surface area contributed by atoms with E-state index in [-0.39, 0.29) is 6.10 Å². The molecular weight excluding hydrogens is 334 g/mol. The first kappa shape index (κ1) is 16.6. The molecule has 1 aliphatic rings. The molecule has 2 rings (SSSR count). The minimum absolute atomic E-state index is 0.198. The average molecular weight is 358 g/mol. The topological polar surface area (TPSA) is 39.7 Å². The second kappa shape index (κ2) is 8.01. The van der Waals surface area contributed by atoms with E-state index in [4.69, 9.17) is 14.2 Å². The van der Waals surface area contributed by atoms with Crippen LogP contribution >= 0.6 is 15.9 Å². The highest BCUT2D eigenvalue weighted by atomic mass is 79.9. The zero-order valence-corrected chi connectivity index (χ0v) is 14.5. The van der Waals surface area contributed by atoms with Crippen molar-refractivity contribution in [3.63, 3.8) is 0 Å². The molecule has 0 spiro atoms. The van der Waals surface area contributed by atoms with Crippen LogP contribution in [0.5, 0.6) is 11.5 Å². The van der Waals surface area contributed by atoms with Gasteiger partial charge in [0.2, 0.25) is 0 Å². The maximum atomic E-state index is 5.91. The molecule has 1 fully saturated rings. The molecule has 0 aromatic heterocycles. The van der Waals surface area contributed by atoms with Gasteiger partial charge in [0.1, 0.15) is 6.61 Å². The van der Waals surface area contributed by atoms with Crippen molar-refractivity contribution in [2.75, 3.05) is 20.3 Å². The van der Waals surface area contributed by atoms with Crippen LogP contribution in [0.2, 0.25) is 0 Å². The highest BCUT2D eigenvalue weighted by molar-refractivity contribution is 9.10. The van der Waals surface area contributed by atoms with Gasteiger partial charge in [-0.3, -0.25) is 0 Å². The van der Waals surface area contributed by atoms with Gasteiger partial charge in [0.05, 0.1) is 17.7 Å². The molecule has 1 aromatic carbocycles. The number of methoxy groups -OCH3 is 1.